The van der Waals surface area contributed by atoms with Crippen molar-refractivity contribution in [3.05, 3.63) is 64.1 Å². The minimum Gasteiger partial charge on any atom is -0.370 e. The Morgan fingerprint density at radius 1 is 1.08 bits per heavy atom. The first-order valence-corrected chi connectivity index (χ1v) is 9.20. The fourth-order valence-corrected chi connectivity index (χ4v) is 3.71. The molecule has 122 valence electrons. The lowest BCUT2D eigenvalue weighted by molar-refractivity contribution is 0.780. The van der Waals surface area contributed by atoms with E-state index in [0.29, 0.717) is 0 Å². The standard InChI is InChI=1S/C20H20BrN3/c1-14-6-4-7-15(12-14)19-18-10-2-3-11-22-20(18)24(23-19)17-9-5-8-16(21)13-17/h4-9,12-13,22H,2-3,10-11H2,1H3. The van der Waals surface area contributed by atoms with Crippen molar-refractivity contribution in [1.82, 2.24) is 9.78 Å². The summed E-state index contributed by atoms with van der Waals surface area (Å²) >= 11 is 3.57. The van der Waals surface area contributed by atoms with Gasteiger partial charge in [0.2, 0.25) is 0 Å². The Morgan fingerprint density at radius 2 is 1.96 bits per heavy atom. The summed E-state index contributed by atoms with van der Waals surface area (Å²) in [4.78, 5) is 0. The summed E-state index contributed by atoms with van der Waals surface area (Å²) in [5, 5.41) is 8.59. The fourth-order valence-electron chi connectivity index (χ4n) is 3.32. The van der Waals surface area contributed by atoms with Gasteiger partial charge in [-0.25, -0.2) is 4.68 Å². The second-order valence-corrected chi connectivity index (χ2v) is 7.24. The lowest BCUT2D eigenvalue weighted by Crippen LogP contribution is -2.07. The van der Waals surface area contributed by atoms with Crippen LogP contribution in [0.1, 0.15) is 24.0 Å². The molecular weight excluding hydrogens is 362 g/mol. The number of halogens is 1. The molecule has 3 aromatic rings. The predicted molar refractivity (Wildman–Crippen MR) is 103 cm³/mol. The molecule has 0 aliphatic carbocycles. The number of hydrogen-bond acceptors (Lipinski definition) is 2. The van der Waals surface area contributed by atoms with Gasteiger partial charge < -0.3 is 5.32 Å². The highest BCUT2D eigenvalue weighted by atomic mass is 79.9. The first kappa shape index (κ1) is 15.5. The van der Waals surface area contributed by atoms with Gasteiger partial charge in [0.15, 0.2) is 0 Å². The van der Waals surface area contributed by atoms with E-state index in [1.807, 2.05) is 6.07 Å². The molecule has 1 N–H and O–H groups in total. The van der Waals surface area contributed by atoms with E-state index in [1.165, 1.54) is 29.5 Å². The lowest BCUT2D eigenvalue weighted by atomic mass is 10.0. The van der Waals surface area contributed by atoms with Gasteiger partial charge >= 0.3 is 0 Å². The number of aromatic nitrogens is 2. The van der Waals surface area contributed by atoms with Crippen molar-refractivity contribution in [2.75, 3.05) is 11.9 Å². The Balaban J connectivity index is 1.92. The SMILES string of the molecule is Cc1cccc(-c2nn(-c3cccc(Br)c3)c3c2CCCCN3)c1. The van der Waals surface area contributed by atoms with Gasteiger partial charge in [0.25, 0.3) is 0 Å². The Hall–Kier alpha value is -2.07. The summed E-state index contributed by atoms with van der Waals surface area (Å²) in [6.45, 7) is 3.13. The maximum Gasteiger partial charge on any atom is 0.133 e. The van der Waals surface area contributed by atoms with E-state index in [0.717, 1.165) is 34.6 Å². The van der Waals surface area contributed by atoms with E-state index >= 15 is 0 Å². The number of anilines is 1. The van der Waals surface area contributed by atoms with E-state index in [-0.39, 0.29) is 0 Å². The van der Waals surface area contributed by atoms with Gasteiger partial charge in [-0.1, -0.05) is 45.8 Å². The van der Waals surface area contributed by atoms with Crippen LogP contribution >= 0.6 is 15.9 Å². The molecule has 0 amide bonds. The molecule has 0 saturated heterocycles. The molecule has 0 spiro atoms. The number of aryl methyl sites for hydroxylation is 1. The molecule has 2 aromatic carbocycles. The molecule has 1 aliphatic rings. The van der Waals surface area contributed by atoms with Crippen molar-refractivity contribution < 1.29 is 0 Å². The number of fused-ring (bicyclic) bond motifs is 1. The summed E-state index contributed by atoms with van der Waals surface area (Å²) in [5.41, 5.74) is 5.97. The number of benzene rings is 2. The van der Waals surface area contributed by atoms with Crippen molar-refractivity contribution in [3.8, 4) is 16.9 Å². The third-order valence-corrected chi connectivity index (χ3v) is 4.97. The average Bonchev–Trinajstić information content (AvgIpc) is 2.76. The number of rotatable bonds is 2. The highest BCUT2D eigenvalue weighted by molar-refractivity contribution is 9.10. The third kappa shape index (κ3) is 2.86. The molecule has 2 heterocycles. The molecule has 0 atom stereocenters. The van der Waals surface area contributed by atoms with E-state index in [4.69, 9.17) is 5.10 Å². The van der Waals surface area contributed by atoms with Crippen LogP contribution in [0.2, 0.25) is 0 Å². The van der Waals surface area contributed by atoms with Crippen LogP contribution in [0.5, 0.6) is 0 Å². The highest BCUT2D eigenvalue weighted by Crippen LogP contribution is 2.34. The zero-order valence-electron chi connectivity index (χ0n) is 13.7. The molecule has 0 fully saturated rings. The van der Waals surface area contributed by atoms with Crippen molar-refractivity contribution in [2.24, 2.45) is 0 Å². The quantitative estimate of drug-likeness (QED) is 0.647. The van der Waals surface area contributed by atoms with Crippen LogP contribution < -0.4 is 5.32 Å². The van der Waals surface area contributed by atoms with Gasteiger partial charge in [-0.15, -0.1) is 0 Å². The van der Waals surface area contributed by atoms with Gasteiger partial charge in [-0.3, -0.25) is 0 Å². The Morgan fingerprint density at radius 3 is 2.79 bits per heavy atom. The molecule has 1 aliphatic heterocycles. The van der Waals surface area contributed by atoms with Crippen LogP contribution in [0.4, 0.5) is 5.82 Å². The molecular formula is C20H20BrN3. The summed E-state index contributed by atoms with van der Waals surface area (Å²) < 4.78 is 3.12. The minimum absolute atomic E-state index is 1.000. The van der Waals surface area contributed by atoms with Gasteiger partial charge in [-0.05, 0) is 50.5 Å². The molecule has 0 unspecified atom stereocenters. The monoisotopic (exact) mass is 381 g/mol. The second kappa shape index (κ2) is 6.44. The Labute approximate surface area is 150 Å². The Bertz CT molecular complexity index is 812. The lowest BCUT2D eigenvalue weighted by Gasteiger charge is -2.09. The molecule has 0 bridgehead atoms. The van der Waals surface area contributed by atoms with Crippen LogP contribution in [-0.4, -0.2) is 16.3 Å². The van der Waals surface area contributed by atoms with Crippen LogP contribution in [0, 0.1) is 6.92 Å². The average molecular weight is 382 g/mol. The molecule has 1 aromatic heterocycles. The normalized spacial score (nSPS) is 13.9. The van der Waals surface area contributed by atoms with Crippen LogP contribution in [0.25, 0.3) is 16.9 Å². The zero-order chi connectivity index (χ0) is 16.5. The van der Waals surface area contributed by atoms with Gasteiger partial charge in [0, 0.05) is 22.1 Å². The van der Waals surface area contributed by atoms with E-state index in [1.54, 1.807) is 0 Å². The largest absolute Gasteiger partial charge is 0.370 e. The molecule has 4 rings (SSSR count). The molecule has 0 saturated carbocycles. The smallest absolute Gasteiger partial charge is 0.133 e. The zero-order valence-corrected chi connectivity index (χ0v) is 15.3. The number of nitrogens with one attached hydrogen (secondary N) is 1. The maximum absolute atomic E-state index is 4.99. The number of hydrogen-bond donors (Lipinski definition) is 1. The van der Waals surface area contributed by atoms with E-state index in [2.05, 4.69) is 75.3 Å². The first-order valence-electron chi connectivity index (χ1n) is 8.41. The second-order valence-electron chi connectivity index (χ2n) is 6.32. The van der Waals surface area contributed by atoms with Crippen LogP contribution in [-0.2, 0) is 6.42 Å². The van der Waals surface area contributed by atoms with Crippen LogP contribution in [0.15, 0.2) is 53.0 Å². The van der Waals surface area contributed by atoms with E-state index in [9.17, 15) is 0 Å². The van der Waals surface area contributed by atoms with Gasteiger partial charge in [0.05, 0.1) is 11.4 Å². The Kier molecular flexibility index (Phi) is 4.15. The molecule has 3 nitrogen and oxygen atoms in total. The van der Waals surface area contributed by atoms with Gasteiger partial charge in [-0.2, -0.15) is 5.10 Å². The van der Waals surface area contributed by atoms with Crippen molar-refractivity contribution in [1.29, 1.82) is 0 Å². The topological polar surface area (TPSA) is 29.9 Å². The first-order chi connectivity index (χ1) is 11.7. The number of nitrogens with zero attached hydrogens (tertiary/aromatic N) is 2. The van der Waals surface area contributed by atoms with E-state index < -0.39 is 0 Å². The predicted octanol–water partition coefficient (Wildman–Crippen LogP) is 5.36. The minimum atomic E-state index is 1.000. The summed E-state index contributed by atoms with van der Waals surface area (Å²) in [6.07, 6.45) is 3.46. The molecule has 0 radical (unpaired) electrons. The third-order valence-electron chi connectivity index (χ3n) is 4.47. The van der Waals surface area contributed by atoms with Crippen molar-refractivity contribution in [3.63, 3.8) is 0 Å². The summed E-state index contributed by atoms with van der Waals surface area (Å²) in [7, 11) is 0. The molecule has 24 heavy (non-hydrogen) atoms. The van der Waals surface area contributed by atoms with Crippen molar-refractivity contribution in [2.45, 2.75) is 26.2 Å². The van der Waals surface area contributed by atoms with Gasteiger partial charge in [0.1, 0.15) is 5.82 Å². The fraction of sp³-hybridized carbons (Fsp3) is 0.250. The summed E-state index contributed by atoms with van der Waals surface area (Å²) in [6, 6.07) is 16.9. The maximum atomic E-state index is 4.99. The molecule has 4 heteroatoms. The summed E-state index contributed by atoms with van der Waals surface area (Å²) in [5.74, 6) is 1.14. The highest BCUT2D eigenvalue weighted by Gasteiger charge is 2.21. The van der Waals surface area contributed by atoms with Crippen molar-refractivity contribution >= 4 is 21.7 Å². The van der Waals surface area contributed by atoms with Crippen LogP contribution in [0.3, 0.4) is 0 Å².